The Balaban J connectivity index is 1.65. The van der Waals surface area contributed by atoms with Crippen molar-refractivity contribution in [1.82, 2.24) is 14.5 Å². The highest BCUT2D eigenvalue weighted by molar-refractivity contribution is 6.36. The van der Waals surface area contributed by atoms with Gasteiger partial charge in [0.1, 0.15) is 0 Å². The van der Waals surface area contributed by atoms with E-state index in [-0.39, 0.29) is 17.3 Å². The molecule has 2 N–H and O–H groups in total. The molecule has 0 spiro atoms. The number of aromatic nitrogens is 4. The van der Waals surface area contributed by atoms with Gasteiger partial charge in [-0.15, -0.1) is 0 Å². The Morgan fingerprint density at radius 3 is 2.40 bits per heavy atom. The molecule has 3 aromatic heterocycles. The van der Waals surface area contributed by atoms with E-state index in [1.807, 2.05) is 0 Å². The Kier molecular flexibility index (Phi) is 6.96. The molecule has 11 heteroatoms. The van der Waals surface area contributed by atoms with Crippen LogP contribution in [0.25, 0.3) is 10.9 Å². The van der Waals surface area contributed by atoms with Crippen LogP contribution in [-0.4, -0.2) is 26.8 Å². The average molecular weight is 565 g/mol. The third kappa shape index (κ3) is 4.74. The number of nitrogens with one attached hydrogen (secondary N) is 1. The number of aryl methyl sites for hydroxylation is 1. The van der Waals surface area contributed by atoms with Gasteiger partial charge in [-0.3, -0.25) is 0 Å². The number of alkyl halides is 3. The van der Waals surface area contributed by atoms with E-state index in [4.69, 9.17) is 16.3 Å². The third-order valence-corrected chi connectivity index (χ3v) is 7.20. The number of ether oxygens (including phenoxy) is 1. The highest BCUT2D eigenvalue weighted by atomic mass is 35.5. The largest absolute Gasteiger partial charge is 0.481 e. The molecule has 0 aliphatic heterocycles. The van der Waals surface area contributed by atoms with Gasteiger partial charge in [0.25, 0.3) is 5.69 Å². The van der Waals surface area contributed by atoms with Gasteiger partial charge >= 0.3 is 6.18 Å². The van der Waals surface area contributed by atoms with Crippen molar-refractivity contribution in [1.29, 1.82) is 5.26 Å². The maximum absolute atomic E-state index is 13.0. The van der Waals surface area contributed by atoms with Gasteiger partial charge in [-0.25, -0.2) is 15.0 Å². The first-order chi connectivity index (χ1) is 19.1. The number of methoxy groups -OCH3 is 1. The highest BCUT2D eigenvalue weighted by Gasteiger charge is 2.38. The molecule has 1 unspecified atom stereocenters. The summed E-state index contributed by atoms with van der Waals surface area (Å²) in [6, 6.07) is 16.2. The zero-order valence-electron chi connectivity index (χ0n) is 21.3. The Morgan fingerprint density at radius 2 is 1.82 bits per heavy atom. The normalized spacial score (nSPS) is 13.2. The van der Waals surface area contributed by atoms with E-state index in [0.29, 0.717) is 44.4 Å². The molecule has 0 amide bonds. The number of pyridine rings is 2. The van der Waals surface area contributed by atoms with Crippen molar-refractivity contribution < 1.29 is 28.0 Å². The van der Waals surface area contributed by atoms with E-state index in [1.165, 1.54) is 19.4 Å². The summed E-state index contributed by atoms with van der Waals surface area (Å²) in [6.45, 7) is 0. The second kappa shape index (κ2) is 10.3. The summed E-state index contributed by atoms with van der Waals surface area (Å²) in [5.74, 6) is 0.235. The molecule has 3 heterocycles. The first kappa shape index (κ1) is 27.1. The number of aromatic amines is 1. The summed E-state index contributed by atoms with van der Waals surface area (Å²) in [6.07, 6.45) is 0.0530. The molecule has 0 saturated carbocycles. The van der Waals surface area contributed by atoms with Gasteiger partial charge in [-0.2, -0.15) is 18.4 Å². The molecule has 0 radical (unpaired) electrons. The van der Waals surface area contributed by atoms with E-state index >= 15 is 0 Å². The first-order valence-electron chi connectivity index (χ1n) is 12.0. The fraction of sp³-hybridized carbons (Fsp3) is 0.172. The van der Waals surface area contributed by atoms with Gasteiger partial charge in [0, 0.05) is 36.0 Å². The van der Waals surface area contributed by atoms with Gasteiger partial charge in [-0.1, -0.05) is 29.8 Å². The number of fused-ring (bicyclic) bond motifs is 1. The molecule has 0 fully saturated rings. The molecule has 2 aromatic carbocycles. The van der Waals surface area contributed by atoms with Crippen LogP contribution in [-0.2, 0) is 25.2 Å². The molecule has 5 aromatic rings. The lowest BCUT2D eigenvalue weighted by molar-refractivity contribution is -0.426. The molecule has 0 bridgehead atoms. The summed E-state index contributed by atoms with van der Waals surface area (Å²) in [5.41, 5.74) is 0.878. The lowest BCUT2D eigenvalue weighted by Gasteiger charge is -2.30. The van der Waals surface area contributed by atoms with E-state index in [0.717, 1.165) is 6.07 Å². The number of rotatable bonds is 6. The molecular formula is C29H22ClF3N5O2+. The quantitative estimate of drug-likeness (QED) is 0.305. The predicted octanol–water partition coefficient (Wildman–Crippen LogP) is 5.21. The van der Waals surface area contributed by atoms with E-state index in [2.05, 4.69) is 21.0 Å². The summed E-state index contributed by atoms with van der Waals surface area (Å²) in [5, 5.41) is 22.3. The van der Waals surface area contributed by atoms with Crippen LogP contribution < -0.4 is 9.72 Å². The smallest absolute Gasteiger partial charge is 0.477 e. The lowest BCUT2D eigenvalue weighted by Crippen LogP contribution is -2.31. The van der Waals surface area contributed by atoms with Crippen molar-refractivity contribution in [3.05, 3.63) is 118 Å². The van der Waals surface area contributed by atoms with E-state index < -0.39 is 17.5 Å². The molecule has 0 saturated heterocycles. The van der Waals surface area contributed by atoms with Crippen molar-refractivity contribution in [3.8, 4) is 11.9 Å². The molecule has 202 valence electrons. The Bertz CT molecular complexity index is 1750. The molecular weight excluding hydrogens is 543 g/mol. The topological polar surface area (TPSA) is 98.1 Å². The number of aliphatic hydroxyl groups is 1. The Morgan fingerprint density at radius 1 is 1.10 bits per heavy atom. The van der Waals surface area contributed by atoms with Crippen LogP contribution in [0.3, 0.4) is 0 Å². The van der Waals surface area contributed by atoms with Crippen LogP contribution in [0.4, 0.5) is 13.2 Å². The molecule has 5 rings (SSSR count). The predicted molar refractivity (Wildman–Crippen MR) is 141 cm³/mol. The second-order valence-corrected chi connectivity index (χ2v) is 9.60. The van der Waals surface area contributed by atoms with Crippen molar-refractivity contribution >= 4 is 22.5 Å². The minimum absolute atomic E-state index is 0.144. The van der Waals surface area contributed by atoms with Gasteiger partial charge < -0.3 is 14.4 Å². The van der Waals surface area contributed by atoms with Crippen LogP contribution in [0.15, 0.2) is 73.3 Å². The molecule has 0 aliphatic carbocycles. The number of hydrogen-bond donors (Lipinski definition) is 1. The molecule has 40 heavy (non-hydrogen) atoms. The maximum atomic E-state index is 13.0. The monoisotopic (exact) mass is 564 g/mol. The number of benzene rings is 2. The zero-order chi connectivity index (χ0) is 28.7. The SMILES string of the molecule is COc1nc2ccc(C(O)(c3ccc(C#N)cc3)c3cncn3C)cc2c(Cl)c1Cc1ccc(C(F)(F)F)[nH+]c1. The van der Waals surface area contributed by atoms with E-state index in [9.17, 15) is 23.5 Å². The second-order valence-electron chi connectivity index (χ2n) is 9.22. The number of H-pyrrole nitrogens is 1. The average Bonchev–Trinajstić information content (AvgIpc) is 3.40. The number of nitriles is 1. The van der Waals surface area contributed by atoms with Gasteiger partial charge in [0.15, 0.2) is 11.8 Å². The summed E-state index contributed by atoms with van der Waals surface area (Å²) < 4.78 is 46.2. The Hall–Kier alpha value is -4.46. The highest BCUT2D eigenvalue weighted by Crippen LogP contribution is 2.40. The molecule has 1 atom stereocenters. The maximum Gasteiger partial charge on any atom is 0.477 e. The van der Waals surface area contributed by atoms with Crippen LogP contribution in [0, 0.1) is 11.3 Å². The zero-order valence-corrected chi connectivity index (χ0v) is 22.0. The van der Waals surface area contributed by atoms with Crippen LogP contribution >= 0.6 is 11.6 Å². The minimum Gasteiger partial charge on any atom is -0.481 e. The summed E-state index contributed by atoms with van der Waals surface area (Å²) in [4.78, 5) is 11.0. The van der Waals surface area contributed by atoms with Crippen LogP contribution in [0.2, 0.25) is 5.02 Å². The number of imidazole rings is 1. The van der Waals surface area contributed by atoms with Crippen molar-refractivity contribution in [2.75, 3.05) is 7.11 Å². The number of hydrogen-bond acceptors (Lipinski definition) is 5. The third-order valence-electron chi connectivity index (χ3n) is 6.77. The first-order valence-corrected chi connectivity index (χ1v) is 12.4. The van der Waals surface area contributed by atoms with Crippen molar-refractivity contribution in [2.45, 2.75) is 18.2 Å². The lowest BCUT2D eigenvalue weighted by atomic mass is 9.82. The van der Waals surface area contributed by atoms with E-state index in [1.54, 1.807) is 66.6 Å². The van der Waals surface area contributed by atoms with Gasteiger partial charge in [0.05, 0.1) is 47.5 Å². The summed E-state index contributed by atoms with van der Waals surface area (Å²) >= 11 is 6.90. The van der Waals surface area contributed by atoms with Crippen LogP contribution in [0.1, 0.15) is 39.2 Å². The number of halogens is 4. The van der Waals surface area contributed by atoms with Crippen molar-refractivity contribution in [2.24, 2.45) is 7.05 Å². The molecule has 0 aliphatic rings. The molecule has 7 nitrogen and oxygen atoms in total. The number of nitrogens with zero attached hydrogens (tertiary/aromatic N) is 4. The van der Waals surface area contributed by atoms with Crippen molar-refractivity contribution in [3.63, 3.8) is 0 Å². The van der Waals surface area contributed by atoms with Crippen LogP contribution in [0.5, 0.6) is 5.88 Å². The summed E-state index contributed by atoms with van der Waals surface area (Å²) in [7, 11) is 3.20. The Labute approximate surface area is 232 Å². The van der Waals surface area contributed by atoms with Gasteiger partial charge in [0.2, 0.25) is 5.88 Å². The van der Waals surface area contributed by atoms with Gasteiger partial charge in [-0.05, 0) is 41.5 Å². The standard InChI is InChI=1S/C29H21ClF3N5O2/c1-38-16-35-15-25(38)28(39,19-6-3-17(13-34)4-7-19)20-8-9-23-21(12-20)26(30)22(27(37-23)40-2)11-18-5-10-24(36-14-18)29(31,32)33/h3-10,12,14-16,39H,11H2,1-2H3/p+1. The minimum atomic E-state index is -4.49. The fourth-order valence-corrected chi connectivity index (χ4v) is 4.99. The fourth-order valence-electron chi connectivity index (χ4n) is 4.69.